The van der Waals surface area contributed by atoms with Crippen LogP contribution in [0.3, 0.4) is 0 Å². The zero-order valence-corrected chi connectivity index (χ0v) is 20.8. The van der Waals surface area contributed by atoms with Gasteiger partial charge in [0.05, 0.1) is 25.7 Å². The van der Waals surface area contributed by atoms with E-state index in [9.17, 15) is 34.8 Å². The number of rotatable bonds is 11. The fourth-order valence-electron chi connectivity index (χ4n) is 4.18. The number of nitrogens with zero attached hydrogens (tertiary/aromatic N) is 3. The summed E-state index contributed by atoms with van der Waals surface area (Å²) >= 11 is 6.00. The predicted octanol–water partition coefficient (Wildman–Crippen LogP) is -0.0510. The van der Waals surface area contributed by atoms with E-state index < -0.39 is 36.7 Å². The first-order valence-electron chi connectivity index (χ1n) is 11.8. The Labute approximate surface area is 215 Å². The largest absolute Gasteiger partial charge is 0.480 e. The second-order valence-corrected chi connectivity index (χ2v) is 8.98. The molecular weight excluding hydrogens is 496 g/mol. The summed E-state index contributed by atoms with van der Waals surface area (Å²) in [7, 11) is 0. The van der Waals surface area contributed by atoms with E-state index in [0.29, 0.717) is 49.8 Å². The maximum atomic E-state index is 11.8. The van der Waals surface area contributed by atoms with Gasteiger partial charge in [-0.3, -0.25) is 29.1 Å². The molecule has 2 atom stereocenters. The maximum Gasteiger partial charge on any atom is 0.317 e. The molecule has 1 aromatic carbocycles. The van der Waals surface area contributed by atoms with Crippen molar-refractivity contribution in [3.05, 3.63) is 29.3 Å². The van der Waals surface area contributed by atoms with Gasteiger partial charge in [-0.2, -0.15) is 0 Å². The van der Waals surface area contributed by atoms with Crippen LogP contribution in [0.2, 0.25) is 5.02 Å². The third-order valence-electron chi connectivity index (χ3n) is 5.81. The Bertz CT molecular complexity index is 844. The molecule has 2 rings (SSSR count). The van der Waals surface area contributed by atoms with Gasteiger partial charge < -0.3 is 30.5 Å². The van der Waals surface area contributed by atoms with Crippen molar-refractivity contribution in [3.8, 4) is 5.75 Å². The van der Waals surface area contributed by atoms with Crippen molar-refractivity contribution in [2.24, 2.45) is 0 Å². The predicted molar refractivity (Wildman–Crippen MR) is 131 cm³/mol. The second-order valence-electron chi connectivity index (χ2n) is 8.54. The number of benzene rings is 1. The van der Waals surface area contributed by atoms with Gasteiger partial charge in [0.1, 0.15) is 5.75 Å². The first-order chi connectivity index (χ1) is 17.2. The summed E-state index contributed by atoms with van der Waals surface area (Å²) in [4.78, 5) is 39.9. The first kappa shape index (κ1) is 29.7. The van der Waals surface area contributed by atoms with Crippen LogP contribution in [-0.4, -0.2) is 131 Å². The average Bonchev–Trinajstić information content (AvgIpc) is 2.80. The van der Waals surface area contributed by atoms with Gasteiger partial charge in [-0.05, 0) is 37.1 Å². The third kappa shape index (κ3) is 10.6. The summed E-state index contributed by atoms with van der Waals surface area (Å²) in [5, 5.41) is 41.8. The van der Waals surface area contributed by atoms with Crippen LogP contribution in [0.25, 0.3) is 0 Å². The lowest BCUT2D eigenvalue weighted by atomic mass is 10.1. The lowest BCUT2D eigenvalue weighted by Crippen LogP contribution is -2.59. The van der Waals surface area contributed by atoms with Gasteiger partial charge in [-0.1, -0.05) is 11.6 Å². The Morgan fingerprint density at radius 2 is 1.50 bits per heavy atom. The molecule has 1 aliphatic heterocycles. The molecule has 0 aliphatic carbocycles. The lowest BCUT2D eigenvalue weighted by molar-refractivity contribution is -0.146. The summed E-state index contributed by atoms with van der Waals surface area (Å²) in [6.45, 7) is 1.03. The van der Waals surface area contributed by atoms with E-state index in [2.05, 4.69) is 5.32 Å². The number of hydrogen-bond acceptors (Lipinski definition) is 9. The number of aliphatic carboxylic acids is 3. The van der Waals surface area contributed by atoms with Gasteiger partial charge in [-0.15, -0.1) is 0 Å². The molecule has 1 fully saturated rings. The fourth-order valence-corrected chi connectivity index (χ4v) is 4.30. The monoisotopic (exact) mass is 530 g/mol. The van der Waals surface area contributed by atoms with Gasteiger partial charge in [-0.25, -0.2) is 0 Å². The average molecular weight is 531 g/mol. The van der Waals surface area contributed by atoms with E-state index in [1.54, 1.807) is 39.0 Å². The Balaban J connectivity index is 2.50. The molecule has 5 N–H and O–H groups in total. The van der Waals surface area contributed by atoms with Crippen LogP contribution in [-0.2, 0) is 14.4 Å². The number of nitrogens with one attached hydrogen (secondary N) is 1. The molecule has 12 nitrogen and oxygen atoms in total. The molecule has 1 heterocycles. The molecule has 1 aromatic rings. The van der Waals surface area contributed by atoms with Gasteiger partial charge in [0.15, 0.2) is 6.23 Å². The van der Waals surface area contributed by atoms with Crippen LogP contribution in [0.4, 0.5) is 0 Å². The van der Waals surface area contributed by atoms with Gasteiger partial charge in [0, 0.05) is 50.9 Å². The Morgan fingerprint density at radius 3 is 2.11 bits per heavy atom. The number of carboxylic acids is 3. The highest BCUT2D eigenvalue weighted by Crippen LogP contribution is 2.23. The Morgan fingerprint density at radius 1 is 0.889 bits per heavy atom. The van der Waals surface area contributed by atoms with Crippen molar-refractivity contribution in [3.63, 3.8) is 0 Å². The minimum absolute atomic E-state index is 0.130. The quantitative estimate of drug-likeness (QED) is 0.259. The van der Waals surface area contributed by atoms with Gasteiger partial charge in [0.2, 0.25) is 0 Å². The van der Waals surface area contributed by atoms with Crippen molar-refractivity contribution < 1.29 is 39.5 Å². The van der Waals surface area contributed by atoms with Crippen molar-refractivity contribution in [2.75, 3.05) is 65.5 Å². The number of carboxylic acid groups (broad SMARTS) is 3. The normalized spacial score (nSPS) is 21.3. The number of hydrogen-bond donors (Lipinski definition) is 5. The minimum Gasteiger partial charge on any atom is -0.480 e. The summed E-state index contributed by atoms with van der Waals surface area (Å²) in [6, 6.07) is 5.95. The number of aliphatic hydroxyl groups excluding tert-OH is 1. The minimum atomic E-state index is -1.11. The molecular formula is C23H35ClN4O8. The standard InChI is InChI=1S/C23H35ClN4O8/c24-17-3-5-18(6-4-17)36-23-19(2-1-13-29)27(15-21(32)33)10-8-25-7-9-26(14-20(30)31)11-12-28(23)16-22(34)35/h3-6,19,23,25,29H,1-2,7-16H2,(H,30,31)(H,32,33)(H,34,35). The number of aliphatic hydroxyl groups is 1. The highest BCUT2D eigenvalue weighted by atomic mass is 35.5. The van der Waals surface area contributed by atoms with Crippen molar-refractivity contribution in [1.82, 2.24) is 20.0 Å². The van der Waals surface area contributed by atoms with Crippen LogP contribution in [0.15, 0.2) is 24.3 Å². The fraction of sp³-hybridized carbons (Fsp3) is 0.609. The summed E-state index contributed by atoms with van der Waals surface area (Å²) in [5.41, 5.74) is 0. The maximum absolute atomic E-state index is 11.8. The molecule has 36 heavy (non-hydrogen) atoms. The van der Waals surface area contributed by atoms with Crippen LogP contribution in [0.1, 0.15) is 12.8 Å². The molecule has 0 bridgehead atoms. The molecule has 1 saturated heterocycles. The van der Waals surface area contributed by atoms with Crippen LogP contribution in [0.5, 0.6) is 5.75 Å². The van der Waals surface area contributed by atoms with E-state index in [4.69, 9.17) is 16.3 Å². The molecule has 1 aliphatic rings. The number of carbonyl (C=O) groups is 3. The van der Waals surface area contributed by atoms with Crippen LogP contribution in [0, 0.1) is 0 Å². The van der Waals surface area contributed by atoms with E-state index in [-0.39, 0.29) is 32.8 Å². The van der Waals surface area contributed by atoms with E-state index in [0.717, 1.165) is 0 Å². The second kappa shape index (κ2) is 15.6. The molecule has 0 amide bonds. The summed E-state index contributed by atoms with van der Waals surface area (Å²) in [6.07, 6.45) is -0.211. The van der Waals surface area contributed by atoms with Crippen molar-refractivity contribution in [2.45, 2.75) is 25.1 Å². The zero-order chi connectivity index (χ0) is 26.5. The lowest BCUT2D eigenvalue weighted by Gasteiger charge is -2.42. The van der Waals surface area contributed by atoms with Crippen LogP contribution >= 0.6 is 11.6 Å². The molecule has 13 heteroatoms. The topological polar surface area (TPSA) is 163 Å². The molecule has 202 valence electrons. The van der Waals surface area contributed by atoms with E-state index in [1.807, 2.05) is 0 Å². The van der Waals surface area contributed by atoms with Crippen molar-refractivity contribution >= 4 is 29.5 Å². The Kier molecular flexibility index (Phi) is 12.9. The van der Waals surface area contributed by atoms with Gasteiger partial charge >= 0.3 is 17.9 Å². The van der Waals surface area contributed by atoms with E-state index >= 15 is 0 Å². The number of halogens is 1. The molecule has 2 unspecified atom stereocenters. The number of ether oxygens (including phenoxy) is 1. The highest BCUT2D eigenvalue weighted by molar-refractivity contribution is 6.30. The van der Waals surface area contributed by atoms with Gasteiger partial charge in [0.25, 0.3) is 0 Å². The molecule has 0 spiro atoms. The first-order valence-corrected chi connectivity index (χ1v) is 12.2. The van der Waals surface area contributed by atoms with Crippen LogP contribution < -0.4 is 10.1 Å². The molecule has 0 saturated carbocycles. The molecule has 0 aromatic heterocycles. The smallest absolute Gasteiger partial charge is 0.317 e. The van der Waals surface area contributed by atoms with E-state index in [1.165, 1.54) is 0 Å². The Hall–Kier alpha value is -2.48. The third-order valence-corrected chi connectivity index (χ3v) is 6.06. The van der Waals surface area contributed by atoms with Crippen molar-refractivity contribution in [1.29, 1.82) is 0 Å². The molecule has 0 radical (unpaired) electrons. The highest BCUT2D eigenvalue weighted by Gasteiger charge is 2.36. The zero-order valence-electron chi connectivity index (χ0n) is 20.1. The SMILES string of the molecule is O=C(O)CN1CCNCCN(CC(=O)O)C(CCCO)C(Oc2ccc(Cl)cc2)N(CC(=O)O)CC1. The summed E-state index contributed by atoms with van der Waals surface area (Å²) in [5.74, 6) is -2.73. The summed E-state index contributed by atoms with van der Waals surface area (Å²) < 4.78 is 6.30.